The number of halogens is 1. The van der Waals surface area contributed by atoms with Crippen molar-refractivity contribution in [2.24, 2.45) is 0 Å². The zero-order chi connectivity index (χ0) is 5.98. The molecule has 0 saturated carbocycles. The Morgan fingerprint density at radius 1 is 1.75 bits per heavy atom. The van der Waals surface area contributed by atoms with Gasteiger partial charge in [-0.3, -0.25) is 0 Å². The quantitative estimate of drug-likeness (QED) is 0.448. The van der Waals surface area contributed by atoms with Crippen molar-refractivity contribution < 1.29 is 21.9 Å². The van der Waals surface area contributed by atoms with Crippen molar-refractivity contribution >= 4 is 16.8 Å². The van der Waals surface area contributed by atoms with Crippen LogP contribution < -0.4 is 0 Å². The fourth-order valence-corrected chi connectivity index (χ4v) is 5.76. The number of carbonyl (C=O) groups is 1. The first-order valence-corrected chi connectivity index (χ1v) is 7.19. The molecule has 0 aromatic rings. The summed E-state index contributed by atoms with van der Waals surface area (Å²) in [7, 11) is 0. The van der Waals surface area contributed by atoms with E-state index in [2.05, 4.69) is 0 Å². The van der Waals surface area contributed by atoms with Gasteiger partial charge in [0.1, 0.15) is 0 Å². The zero-order valence-electron chi connectivity index (χ0n) is 4.69. The Kier molecular flexibility index (Phi) is 2.46. The van der Waals surface area contributed by atoms with Crippen LogP contribution >= 0.6 is 11.6 Å². The van der Waals surface area contributed by atoms with Crippen molar-refractivity contribution in [3.63, 3.8) is 0 Å². The average molecular weight is 184 g/mol. The molecule has 1 nitrogen and oxygen atoms in total. The van der Waals surface area contributed by atoms with Gasteiger partial charge in [-0.2, -0.15) is 0 Å². The van der Waals surface area contributed by atoms with E-state index in [0.717, 1.165) is 6.42 Å². The summed E-state index contributed by atoms with van der Waals surface area (Å²) in [4.78, 5) is 10.5. The van der Waals surface area contributed by atoms with E-state index in [1.54, 1.807) is 0 Å². The third-order valence-electron chi connectivity index (χ3n) is 1.68. The number of hydrogen-bond donors (Lipinski definition) is 0. The number of carbonyl (C=O) groups excluding carboxylic acids is 1. The third-order valence-corrected chi connectivity index (χ3v) is 7.53. The van der Waals surface area contributed by atoms with Gasteiger partial charge in [-0.15, -0.1) is 0 Å². The van der Waals surface area contributed by atoms with E-state index < -0.39 is 17.1 Å². The molecule has 1 atom stereocenters. The molecule has 1 aliphatic heterocycles. The molecule has 3 heteroatoms. The molecule has 0 aromatic carbocycles. The summed E-state index contributed by atoms with van der Waals surface area (Å²) < 4.78 is 0.379. The molecular weight excluding hydrogens is 177 g/mol. The van der Waals surface area contributed by atoms with Crippen LogP contribution in [0.5, 0.6) is 0 Å². The summed E-state index contributed by atoms with van der Waals surface area (Å²) in [6, 6.07) is 0. The summed E-state index contributed by atoms with van der Waals surface area (Å²) in [5, 5.41) is 1.32. The van der Waals surface area contributed by atoms with Crippen LogP contribution in [0.15, 0.2) is 0 Å². The van der Waals surface area contributed by atoms with Crippen LogP contribution in [0.4, 0.5) is 0 Å². The van der Waals surface area contributed by atoms with Gasteiger partial charge in [0.15, 0.2) is 0 Å². The molecule has 8 heavy (non-hydrogen) atoms. The molecule has 0 radical (unpaired) electrons. The predicted octanol–water partition coefficient (Wildman–Crippen LogP) is 1.83. The van der Waals surface area contributed by atoms with E-state index in [9.17, 15) is 4.79 Å². The van der Waals surface area contributed by atoms with Gasteiger partial charge < -0.3 is 0 Å². The van der Waals surface area contributed by atoms with E-state index in [1.807, 2.05) is 0 Å². The second-order valence-electron chi connectivity index (χ2n) is 2.29. The standard InChI is InChI=1S/C5H7ClO.Zn/c1-2-3-4-5(6)7;/h4H,1-3H2;. The van der Waals surface area contributed by atoms with Gasteiger partial charge in [-0.25, -0.2) is 0 Å². The Balaban J connectivity index is 2.35. The SMILES string of the molecule is O=C(Cl)[CH]1CC[CH2][Zn]1. The fourth-order valence-electron chi connectivity index (χ4n) is 1.15. The van der Waals surface area contributed by atoms with E-state index in [4.69, 9.17) is 11.6 Å². The van der Waals surface area contributed by atoms with E-state index >= 15 is 0 Å². The first-order valence-electron chi connectivity index (χ1n) is 3.00. The first kappa shape index (κ1) is 6.70. The first-order chi connectivity index (χ1) is 3.80. The molecule has 1 heterocycles. The van der Waals surface area contributed by atoms with Crippen LogP contribution in [-0.4, -0.2) is 5.24 Å². The van der Waals surface area contributed by atoms with Crippen LogP contribution in [0, 0.1) is 0 Å². The maximum atomic E-state index is 10.5. The van der Waals surface area contributed by atoms with Gasteiger partial charge in [0, 0.05) is 0 Å². The van der Waals surface area contributed by atoms with Crippen molar-refractivity contribution in [3.8, 4) is 0 Å². The monoisotopic (exact) mass is 182 g/mol. The predicted molar refractivity (Wildman–Crippen MR) is 28.7 cm³/mol. The number of hydrogen-bond acceptors (Lipinski definition) is 1. The molecule has 0 bridgehead atoms. The Labute approximate surface area is 61.4 Å². The maximum absolute atomic E-state index is 10.5. The summed E-state index contributed by atoms with van der Waals surface area (Å²) in [6.45, 7) is 0. The topological polar surface area (TPSA) is 17.1 Å². The average Bonchev–Trinajstić information content (AvgIpc) is 2.12. The molecular formula is C5H7ClOZn. The Bertz CT molecular complexity index is 98.6. The van der Waals surface area contributed by atoms with Crippen molar-refractivity contribution in [2.45, 2.75) is 22.4 Å². The van der Waals surface area contributed by atoms with E-state index in [-0.39, 0.29) is 5.24 Å². The minimum atomic E-state index is -0.453. The van der Waals surface area contributed by atoms with Gasteiger partial charge >= 0.3 is 61.1 Å². The normalized spacial score (nSPS) is 26.4. The van der Waals surface area contributed by atoms with Crippen molar-refractivity contribution in [2.75, 3.05) is 0 Å². The van der Waals surface area contributed by atoms with Crippen molar-refractivity contribution in [1.29, 1.82) is 0 Å². The minimum absolute atomic E-state index is 0.0532. The van der Waals surface area contributed by atoms with Crippen LogP contribution in [0.25, 0.3) is 0 Å². The van der Waals surface area contributed by atoms with Crippen molar-refractivity contribution in [3.05, 3.63) is 0 Å². The van der Waals surface area contributed by atoms with Gasteiger partial charge in [0.05, 0.1) is 0 Å². The zero-order valence-corrected chi connectivity index (χ0v) is 8.42. The molecule has 1 saturated heterocycles. The van der Waals surface area contributed by atoms with Crippen LogP contribution in [0.2, 0.25) is 9.53 Å². The second kappa shape index (κ2) is 2.93. The summed E-state index contributed by atoms with van der Waals surface area (Å²) in [5.74, 6) is 0. The van der Waals surface area contributed by atoms with Crippen LogP contribution in [-0.2, 0) is 21.9 Å². The van der Waals surface area contributed by atoms with Gasteiger partial charge in [-0.05, 0) is 0 Å². The molecule has 0 amide bonds. The summed E-state index contributed by atoms with van der Waals surface area (Å²) >= 11 is 4.84. The van der Waals surface area contributed by atoms with Gasteiger partial charge in [0.2, 0.25) is 0 Å². The van der Waals surface area contributed by atoms with Gasteiger partial charge in [0.25, 0.3) is 0 Å². The molecule has 1 unspecified atom stereocenters. The van der Waals surface area contributed by atoms with Crippen LogP contribution in [0.3, 0.4) is 0 Å². The molecule has 1 rings (SSSR count). The van der Waals surface area contributed by atoms with E-state index in [1.165, 1.54) is 11.4 Å². The fraction of sp³-hybridized carbons (Fsp3) is 0.800. The van der Waals surface area contributed by atoms with Crippen LogP contribution in [0.1, 0.15) is 12.8 Å². The number of rotatable bonds is 1. The Hall–Kier alpha value is 0.583. The molecule has 0 spiro atoms. The summed E-state index contributed by atoms with van der Waals surface area (Å²) in [5.41, 5.74) is 0. The Morgan fingerprint density at radius 2 is 2.50 bits per heavy atom. The molecule has 1 fully saturated rings. The van der Waals surface area contributed by atoms with E-state index in [0.29, 0.717) is 4.51 Å². The second-order valence-corrected chi connectivity index (χ2v) is 7.42. The molecule has 0 N–H and O–H groups in total. The van der Waals surface area contributed by atoms with Gasteiger partial charge in [-0.1, -0.05) is 0 Å². The Morgan fingerprint density at radius 3 is 2.75 bits per heavy atom. The van der Waals surface area contributed by atoms with Crippen molar-refractivity contribution in [1.82, 2.24) is 0 Å². The third kappa shape index (κ3) is 1.53. The summed E-state index contributed by atoms with van der Waals surface area (Å²) in [6.07, 6.45) is 2.37. The molecule has 0 aromatic heterocycles. The molecule has 1 aliphatic rings. The molecule has 42 valence electrons. The molecule has 0 aliphatic carbocycles.